The predicted octanol–water partition coefficient (Wildman–Crippen LogP) is 2.68. The fraction of sp³-hybridized carbons (Fsp3) is 0.750. The molecule has 114 valence electrons. The van der Waals surface area contributed by atoms with Crippen LogP contribution in [0.15, 0.2) is 24.8 Å². The Kier molecular flexibility index (Phi) is 5.21. The van der Waals surface area contributed by atoms with Crippen LogP contribution in [0.3, 0.4) is 0 Å². The summed E-state index contributed by atoms with van der Waals surface area (Å²) in [4.78, 5) is 9.38. The molecule has 0 N–H and O–H groups in total. The maximum Gasteiger partial charge on any atom is 0.0974 e. The monoisotopic (exact) mass is 278 g/mol. The van der Waals surface area contributed by atoms with Crippen molar-refractivity contribution in [3.8, 4) is 0 Å². The van der Waals surface area contributed by atoms with E-state index in [2.05, 4.69) is 72.3 Å². The van der Waals surface area contributed by atoms with E-state index in [-0.39, 0.29) is 0 Å². The SMILES string of the molecule is CC1N(C)C=CN1CCCCCCN1C=CN(C)C1C. The highest BCUT2D eigenvalue weighted by Gasteiger charge is 2.18. The number of hydrogen-bond donors (Lipinski definition) is 0. The van der Waals surface area contributed by atoms with Crippen molar-refractivity contribution in [2.45, 2.75) is 51.9 Å². The second-order valence-electron chi connectivity index (χ2n) is 6.08. The number of rotatable bonds is 7. The first-order chi connectivity index (χ1) is 9.59. The van der Waals surface area contributed by atoms with Crippen molar-refractivity contribution >= 4 is 0 Å². The summed E-state index contributed by atoms with van der Waals surface area (Å²) in [7, 11) is 4.28. The maximum absolute atomic E-state index is 2.43. The summed E-state index contributed by atoms with van der Waals surface area (Å²) in [5.41, 5.74) is 0. The molecule has 0 bridgehead atoms. The van der Waals surface area contributed by atoms with Crippen molar-refractivity contribution in [1.29, 1.82) is 0 Å². The molecule has 0 amide bonds. The molecule has 20 heavy (non-hydrogen) atoms. The van der Waals surface area contributed by atoms with Gasteiger partial charge in [-0.1, -0.05) is 12.8 Å². The van der Waals surface area contributed by atoms with Gasteiger partial charge in [-0.05, 0) is 26.7 Å². The van der Waals surface area contributed by atoms with Crippen molar-refractivity contribution in [2.75, 3.05) is 27.2 Å². The lowest BCUT2D eigenvalue weighted by atomic mass is 10.2. The summed E-state index contributed by atoms with van der Waals surface area (Å²) in [6, 6.07) is 0. The van der Waals surface area contributed by atoms with Gasteiger partial charge >= 0.3 is 0 Å². The molecule has 0 spiro atoms. The Labute approximate surface area is 124 Å². The Morgan fingerprint density at radius 3 is 1.35 bits per heavy atom. The molecule has 0 saturated carbocycles. The van der Waals surface area contributed by atoms with E-state index in [1.807, 2.05) is 0 Å². The fourth-order valence-corrected chi connectivity index (χ4v) is 2.81. The highest BCUT2D eigenvalue weighted by molar-refractivity contribution is 4.94. The topological polar surface area (TPSA) is 13.0 Å². The molecule has 2 aliphatic rings. The molecule has 2 unspecified atom stereocenters. The minimum Gasteiger partial charge on any atom is -0.359 e. The van der Waals surface area contributed by atoms with E-state index in [0.717, 1.165) is 0 Å². The summed E-state index contributed by atoms with van der Waals surface area (Å²) < 4.78 is 0. The molecule has 0 aliphatic carbocycles. The zero-order chi connectivity index (χ0) is 14.5. The zero-order valence-electron chi connectivity index (χ0n) is 13.5. The molecular weight excluding hydrogens is 248 g/mol. The number of unbranched alkanes of at least 4 members (excludes halogenated alkanes) is 3. The third-order valence-corrected chi connectivity index (χ3v) is 4.71. The molecule has 0 saturated heterocycles. The van der Waals surface area contributed by atoms with Crippen LogP contribution < -0.4 is 0 Å². The van der Waals surface area contributed by atoms with Crippen LogP contribution in [0.5, 0.6) is 0 Å². The molecule has 4 nitrogen and oxygen atoms in total. The maximum atomic E-state index is 2.43. The van der Waals surface area contributed by atoms with Crippen molar-refractivity contribution in [1.82, 2.24) is 19.6 Å². The molecule has 4 heteroatoms. The van der Waals surface area contributed by atoms with Crippen LogP contribution in [-0.2, 0) is 0 Å². The lowest BCUT2D eigenvalue weighted by molar-refractivity contribution is 0.187. The molecule has 0 aromatic heterocycles. The minimum absolute atomic E-state index is 0.529. The average Bonchev–Trinajstić information content (AvgIpc) is 2.92. The van der Waals surface area contributed by atoms with Crippen LogP contribution in [0.4, 0.5) is 0 Å². The van der Waals surface area contributed by atoms with E-state index in [9.17, 15) is 0 Å². The predicted molar refractivity (Wildman–Crippen MR) is 84.6 cm³/mol. The van der Waals surface area contributed by atoms with Gasteiger partial charge in [0.1, 0.15) is 0 Å². The Morgan fingerprint density at radius 1 is 0.650 bits per heavy atom. The lowest BCUT2D eigenvalue weighted by Gasteiger charge is -2.27. The largest absolute Gasteiger partial charge is 0.359 e. The number of nitrogens with zero attached hydrogens (tertiary/aromatic N) is 4. The van der Waals surface area contributed by atoms with E-state index in [1.54, 1.807) is 0 Å². The van der Waals surface area contributed by atoms with Gasteiger partial charge in [-0.2, -0.15) is 0 Å². The van der Waals surface area contributed by atoms with E-state index in [0.29, 0.717) is 12.3 Å². The van der Waals surface area contributed by atoms with E-state index in [1.165, 1.54) is 38.8 Å². The average molecular weight is 278 g/mol. The van der Waals surface area contributed by atoms with E-state index in [4.69, 9.17) is 0 Å². The minimum atomic E-state index is 0.529. The second kappa shape index (κ2) is 6.91. The summed E-state index contributed by atoms with van der Waals surface area (Å²) in [5, 5.41) is 0. The molecule has 0 aromatic rings. The Balaban J connectivity index is 1.50. The highest BCUT2D eigenvalue weighted by atomic mass is 15.4. The molecule has 0 radical (unpaired) electrons. The van der Waals surface area contributed by atoms with Gasteiger partial charge in [-0.3, -0.25) is 0 Å². The van der Waals surface area contributed by atoms with Crippen LogP contribution in [-0.4, -0.2) is 59.1 Å². The Bertz CT molecular complexity index is 318. The molecule has 2 aliphatic heterocycles. The summed E-state index contributed by atoms with van der Waals surface area (Å²) >= 11 is 0. The lowest BCUT2D eigenvalue weighted by Crippen LogP contribution is -2.34. The standard InChI is InChI=1S/C16H30N4/c1-15-17(3)11-13-19(15)9-7-5-6-8-10-20-14-12-18(4)16(20)2/h11-16H,5-10H2,1-4H3. The van der Waals surface area contributed by atoms with Gasteiger partial charge in [-0.15, -0.1) is 0 Å². The van der Waals surface area contributed by atoms with Crippen molar-refractivity contribution in [2.24, 2.45) is 0 Å². The van der Waals surface area contributed by atoms with Crippen LogP contribution in [0.25, 0.3) is 0 Å². The van der Waals surface area contributed by atoms with Crippen LogP contribution in [0.2, 0.25) is 0 Å². The van der Waals surface area contributed by atoms with Crippen molar-refractivity contribution in [3.63, 3.8) is 0 Å². The van der Waals surface area contributed by atoms with Gasteiger partial charge < -0.3 is 19.6 Å². The fourth-order valence-electron chi connectivity index (χ4n) is 2.81. The Hall–Kier alpha value is -1.32. The molecule has 0 fully saturated rings. The summed E-state index contributed by atoms with van der Waals surface area (Å²) in [6.45, 7) is 6.89. The van der Waals surface area contributed by atoms with Gasteiger partial charge in [0.2, 0.25) is 0 Å². The normalized spacial score (nSPS) is 25.4. The first-order valence-electron chi connectivity index (χ1n) is 7.91. The van der Waals surface area contributed by atoms with Gasteiger partial charge in [0.25, 0.3) is 0 Å². The molecule has 2 heterocycles. The van der Waals surface area contributed by atoms with Gasteiger partial charge in [0, 0.05) is 52.0 Å². The van der Waals surface area contributed by atoms with E-state index < -0.39 is 0 Å². The van der Waals surface area contributed by atoms with E-state index >= 15 is 0 Å². The second-order valence-corrected chi connectivity index (χ2v) is 6.08. The summed E-state index contributed by atoms with van der Waals surface area (Å²) in [5.74, 6) is 0. The first kappa shape index (κ1) is 15.1. The third kappa shape index (κ3) is 3.62. The summed E-state index contributed by atoms with van der Waals surface area (Å²) in [6.07, 6.45) is 15.1. The molecule has 0 aromatic carbocycles. The highest BCUT2D eigenvalue weighted by Crippen LogP contribution is 2.16. The first-order valence-corrected chi connectivity index (χ1v) is 7.91. The molecular formula is C16H30N4. The van der Waals surface area contributed by atoms with Gasteiger partial charge in [0.15, 0.2) is 0 Å². The zero-order valence-corrected chi connectivity index (χ0v) is 13.5. The quantitative estimate of drug-likeness (QED) is 0.664. The van der Waals surface area contributed by atoms with Crippen molar-refractivity contribution in [3.05, 3.63) is 24.8 Å². The van der Waals surface area contributed by atoms with Crippen LogP contribution >= 0.6 is 0 Å². The van der Waals surface area contributed by atoms with Crippen molar-refractivity contribution < 1.29 is 0 Å². The molecule has 2 atom stereocenters. The van der Waals surface area contributed by atoms with Gasteiger partial charge in [0.05, 0.1) is 12.3 Å². The smallest absolute Gasteiger partial charge is 0.0974 e. The number of hydrogen-bond acceptors (Lipinski definition) is 4. The Morgan fingerprint density at radius 2 is 1.05 bits per heavy atom. The van der Waals surface area contributed by atoms with Crippen LogP contribution in [0.1, 0.15) is 39.5 Å². The van der Waals surface area contributed by atoms with Crippen LogP contribution in [0, 0.1) is 0 Å². The molecule has 2 rings (SSSR count). The van der Waals surface area contributed by atoms with Gasteiger partial charge in [-0.25, -0.2) is 0 Å². The third-order valence-electron chi connectivity index (χ3n) is 4.71.